The Labute approximate surface area is 122 Å². The Balaban J connectivity index is 2.00. The van der Waals surface area contributed by atoms with Gasteiger partial charge in [0, 0.05) is 12.6 Å². The zero-order valence-corrected chi connectivity index (χ0v) is 12.1. The highest BCUT2D eigenvalue weighted by Crippen LogP contribution is 2.31. The molecule has 0 unspecified atom stereocenters. The smallest absolute Gasteiger partial charge is 0.246 e. The number of nitrogens with one attached hydrogen (secondary N) is 1. The molecule has 0 spiro atoms. The van der Waals surface area contributed by atoms with Crippen LogP contribution >= 0.6 is 11.6 Å². The van der Waals surface area contributed by atoms with Gasteiger partial charge in [-0.05, 0) is 19.1 Å². The number of benzene rings is 1. The zero-order valence-electron chi connectivity index (χ0n) is 11.4. The summed E-state index contributed by atoms with van der Waals surface area (Å²) in [4.78, 5) is 13.9. The van der Waals surface area contributed by atoms with Gasteiger partial charge >= 0.3 is 0 Å². The monoisotopic (exact) mass is 290 g/mol. The first-order chi connectivity index (χ1) is 9.58. The summed E-state index contributed by atoms with van der Waals surface area (Å²) in [6, 6.07) is 7.76. The number of fused-ring (bicyclic) bond motifs is 1. The Morgan fingerprint density at radius 1 is 1.40 bits per heavy atom. The van der Waals surface area contributed by atoms with Crippen LogP contribution in [-0.4, -0.2) is 22.2 Å². The second kappa shape index (κ2) is 4.83. The van der Waals surface area contributed by atoms with E-state index in [1.54, 1.807) is 16.6 Å². The highest BCUT2D eigenvalue weighted by molar-refractivity contribution is 6.30. The highest BCUT2D eigenvalue weighted by Gasteiger charge is 2.25. The lowest BCUT2D eigenvalue weighted by Gasteiger charge is -2.30. The molecule has 0 bridgehead atoms. The van der Waals surface area contributed by atoms with Crippen molar-refractivity contribution in [2.24, 2.45) is 7.05 Å². The molecule has 1 amide bonds. The lowest BCUT2D eigenvalue weighted by Crippen LogP contribution is -2.39. The van der Waals surface area contributed by atoms with Gasteiger partial charge in [-0.1, -0.05) is 23.7 Å². The number of para-hydroxylation sites is 2. The molecule has 0 atom stereocenters. The number of carbonyl (C=O) groups is 1. The van der Waals surface area contributed by atoms with Crippen LogP contribution in [0, 0.1) is 6.92 Å². The minimum Gasteiger partial charge on any atom is -0.374 e. The van der Waals surface area contributed by atoms with Crippen molar-refractivity contribution in [2.75, 3.05) is 16.8 Å². The molecule has 104 valence electrons. The van der Waals surface area contributed by atoms with Gasteiger partial charge in [0.1, 0.15) is 5.15 Å². The molecule has 1 aliphatic rings. The van der Waals surface area contributed by atoms with E-state index in [0.29, 0.717) is 18.2 Å². The van der Waals surface area contributed by atoms with Crippen LogP contribution in [0.5, 0.6) is 0 Å². The molecule has 0 saturated carbocycles. The van der Waals surface area contributed by atoms with Crippen LogP contribution in [0.15, 0.2) is 24.3 Å². The van der Waals surface area contributed by atoms with Crippen molar-refractivity contribution >= 4 is 28.9 Å². The number of halogens is 1. The molecule has 0 radical (unpaired) electrons. The molecule has 5 nitrogen and oxygen atoms in total. The second-order valence-corrected chi connectivity index (χ2v) is 5.19. The van der Waals surface area contributed by atoms with E-state index in [0.717, 1.165) is 22.6 Å². The number of anilines is 2. The number of amides is 1. The van der Waals surface area contributed by atoms with Crippen molar-refractivity contribution in [3.05, 3.63) is 40.7 Å². The molecule has 3 rings (SSSR count). The predicted octanol–water partition coefficient (Wildman–Crippen LogP) is 2.34. The lowest BCUT2D eigenvalue weighted by molar-refractivity contribution is -0.117. The van der Waals surface area contributed by atoms with E-state index in [2.05, 4.69) is 10.4 Å². The molecule has 20 heavy (non-hydrogen) atoms. The van der Waals surface area contributed by atoms with Gasteiger partial charge in [-0.25, -0.2) is 0 Å². The van der Waals surface area contributed by atoms with Gasteiger partial charge in [-0.2, -0.15) is 5.10 Å². The Hall–Kier alpha value is -2.01. The molecule has 1 aromatic heterocycles. The summed E-state index contributed by atoms with van der Waals surface area (Å²) in [5.41, 5.74) is 3.58. The Morgan fingerprint density at radius 3 is 2.85 bits per heavy atom. The van der Waals surface area contributed by atoms with Crippen molar-refractivity contribution < 1.29 is 4.79 Å². The summed E-state index contributed by atoms with van der Waals surface area (Å²) in [7, 11) is 1.80. The maximum Gasteiger partial charge on any atom is 0.246 e. The second-order valence-electron chi connectivity index (χ2n) is 4.83. The first-order valence-corrected chi connectivity index (χ1v) is 6.77. The molecule has 0 saturated heterocycles. The molecule has 6 heteroatoms. The third kappa shape index (κ3) is 2.04. The van der Waals surface area contributed by atoms with Crippen molar-refractivity contribution in [1.29, 1.82) is 0 Å². The van der Waals surface area contributed by atoms with Crippen LogP contribution in [0.3, 0.4) is 0 Å². The minimum absolute atomic E-state index is 0.0306. The van der Waals surface area contributed by atoms with Crippen molar-refractivity contribution in [3.63, 3.8) is 0 Å². The summed E-state index contributed by atoms with van der Waals surface area (Å²) >= 11 is 6.25. The maximum atomic E-state index is 12.2. The maximum absolute atomic E-state index is 12.2. The fourth-order valence-corrected chi connectivity index (χ4v) is 2.68. The van der Waals surface area contributed by atoms with Crippen LogP contribution in [-0.2, 0) is 18.4 Å². The first-order valence-electron chi connectivity index (χ1n) is 6.39. The van der Waals surface area contributed by atoms with E-state index in [4.69, 9.17) is 11.6 Å². The summed E-state index contributed by atoms with van der Waals surface area (Å²) in [6.45, 7) is 2.64. The van der Waals surface area contributed by atoms with Gasteiger partial charge in [0.2, 0.25) is 5.91 Å². The fourth-order valence-electron chi connectivity index (χ4n) is 2.44. The standard InChI is InChI=1S/C14H15ClN4O/c1-9-10(14(15)18(2)17-9)8-19-12-6-4-3-5-11(12)16-7-13(19)20/h3-6,16H,7-8H2,1-2H3. The summed E-state index contributed by atoms with van der Waals surface area (Å²) in [5, 5.41) is 7.98. The number of rotatable bonds is 2. The highest BCUT2D eigenvalue weighted by atomic mass is 35.5. The van der Waals surface area contributed by atoms with Crippen LogP contribution < -0.4 is 10.2 Å². The Bertz CT molecular complexity index is 680. The number of aryl methyl sites for hydroxylation is 2. The average Bonchev–Trinajstić information content (AvgIpc) is 2.68. The number of hydrogen-bond donors (Lipinski definition) is 1. The van der Waals surface area contributed by atoms with E-state index in [1.165, 1.54) is 0 Å². The number of nitrogens with zero attached hydrogens (tertiary/aromatic N) is 3. The van der Waals surface area contributed by atoms with Gasteiger partial charge in [-0.3, -0.25) is 9.48 Å². The summed E-state index contributed by atoms with van der Waals surface area (Å²) < 4.78 is 1.63. The number of hydrogen-bond acceptors (Lipinski definition) is 3. The molecule has 1 N–H and O–H groups in total. The SMILES string of the molecule is Cc1nn(C)c(Cl)c1CN1C(=O)CNc2ccccc21. The zero-order chi connectivity index (χ0) is 14.3. The van der Waals surface area contributed by atoms with Crippen LogP contribution in [0.25, 0.3) is 0 Å². The molecular formula is C14H15ClN4O. The molecule has 1 aliphatic heterocycles. The van der Waals surface area contributed by atoms with Gasteiger partial charge in [-0.15, -0.1) is 0 Å². The molecule has 2 heterocycles. The van der Waals surface area contributed by atoms with Gasteiger partial charge < -0.3 is 10.2 Å². The third-order valence-corrected chi connectivity index (χ3v) is 3.98. The van der Waals surface area contributed by atoms with E-state index in [-0.39, 0.29) is 5.91 Å². The topological polar surface area (TPSA) is 50.2 Å². The van der Waals surface area contributed by atoms with E-state index in [1.807, 2.05) is 31.2 Å². The van der Waals surface area contributed by atoms with Crippen molar-refractivity contribution in [3.8, 4) is 0 Å². The average molecular weight is 291 g/mol. The molecule has 1 aromatic carbocycles. The van der Waals surface area contributed by atoms with Gasteiger partial charge in [0.25, 0.3) is 0 Å². The van der Waals surface area contributed by atoms with E-state index < -0.39 is 0 Å². The Kier molecular flexibility index (Phi) is 3.14. The predicted molar refractivity (Wildman–Crippen MR) is 79.1 cm³/mol. The molecule has 0 fully saturated rings. The number of aromatic nitrogens is 2. The first kappa shape index (κ1) is 13.0. The summed E-state index contributed by atoms with van der Waals surface area (Å²) in [6.07, 6.45) is 0. The number of carbonyl (C=O) groups excluding carboxylic acids is 1. The van der Waals surface area contributed by atoms with E-state index in [9.17, 15) is 4.79 Å². The van der Waals surface area contributed by atoms with Crippen LogP contribution in [0.4, 0.5) is 11.4 Å². The van der Waals surface area contributed by atoms with Crippen molar-refractivity contribution in [2.45, 2.75) is 13.5 Å². The van der Waals surface area contributed by atoms with Gasteiger partial charge in [0.05, 0.1) is 30.2 Å². The molecule has 2 aromatic rings. The molecule has 0 aliphatic carbocycles. The molecular weight excluding hydrogens is 276 g/mol. The largest absolute Gasteiger partial charge is 0.374 e. The fraction of sp³-hybridized carbons (Fsp3) is 0.286. The van der Waals surface area contributed by atoms with E-state index >= 15 is 0 Å². The van der Waals surface area contributed by atoms with Crippen molar-refractivity contribution in [1.82, 2.24) is 9.78 Å². The Morgan fingerprint density at radius 2 is 2.15 bits per heavy atom. The normalized spacial score (nSPS) is 14.2. The lowest BCUT2D eigenvalue weighted by atomic mass is 10.1. The third-order valence-electron chi connectivity index (χ3n) is 3.51. The quantitative estimate of drug-likeness (QED) is 0.923. The van der Waals surface area contributed by atoms with Gasteiger partial charge in [0.15, 0.2) is 0 Å². The summed E-state index contributed by atoms with van der Waals surface area (Å²) in [5.74, 6) is 0.0306. The minimum atomic E-state index is 0.0306. The van der Waals surface area contributed by atoms with Crippen LogP contribution in [0.2, 0.25) is 5.15 Å². The van der Waals surface area contributed by atoms with Crippen LogP contribution in [0.1, 0.15) is 11.3 Å².